The van der Waals surface area contributed by atoms with Crippen LogP contribution in [0.2, 0.25) is 0 Å². The third-order valence-corrected chi connectivity index (χ3v) is 5.07. The Hall–Kier alpha value is -1.02. The average molecular weight is 272 g/mol. The Morgan fingerprint density at radius 1 is 1.10 bits per heavy atom. The smallest absolute Gasteiger partial charge is 0.0368 e. The van der Waals surface area contributed by atoms with Crippen molar-refractivity contribution >= 4 is 5.69 Å². The molecule has 2 aliphatic rings. The highest BCUT2D eigenvalue weighted by atomic mass is 15.2. The molecule has 2 heteroatoms. The van der Waals surface area contributed by atoms with Crippen molar-refractivity contribution in [2.24, 2.45) is 11.7 Å². The molecule has 3 rings (SSSR count). The first-order valence-corrected chi connectivity index (χ1v) is 8.35. The van der Waals surface area contributed by atoms with E-state index in [1.54, 1.807) is 0 Å². The second kappa shape index (κ2) is 6.17. The maximum Gasteiger partial charge on any atom is 0.0368 e. The molecule has 0 aromatic heterocycles. The fourth-order valence-corrected chi connectivity index (χ4v) is 4.14. The lowest BCUT2D eigenvalue weighted by Crippen LogP contribution is -2.34. The summed E-state index contributed by atoms with van der Waals surface area (Å²) in [7, 11) is 0. The number of anilines is 1. The zero-order chi connectivity index (χ0) is 13.9. The van der Waals surface area contributed by atoms with E-state index in [1.165, 1.54) is 56.3 Å². The van der Waals surface area contributed by atoms with Gasteiger partial charge in [-0.05, 0) is 62.6 Å². The molecule has 20 heavy (non-hydrogen) atoms. The summed E-state index contributed by atoms with van der Waals surface area (Å²) in [5, 5.41) is 0. The number of nitrogens with zero attached hydrogens (tertiary/aromatic N) is 1. The van der Waals surface area contributed by atoms with Gasteiger partial charge in [0.1, 0.15) is 0 Å². The molecule has 2 unspecified atom stereocenters. The number of hydrogen-bond donors (Lipinski definition) is 1. The van der Waals surface area contributed by atoms with Crippen LogP contribution in [0.3, 0.4) is 0 Å². The molecule has 0 radical (unpaired) electrons. The molecule has 0 spiro atoms. The molecule has 1 aromatic rings. The summed E-state index contributed by atoms with van der Waals surface area (Å²) in [4.78, 5) is 2.67. The Morgan fingerprint density at radius 3 is 2.45 bits per heavy atom. The first kappa shape index (κ1) is 13.9. The van der Waals surface area contributed by atoms with Crippen LogP contribution < -0.4 is 10.6 Å². The second-order valence-corrected chi connectivity index (χ2v) is 6.80. The molecular formula is C18H28N2. The van der Waals surface area contributed by atoms with Crippen molar-refractivity contribution in [2.75, 3.05) is 11.4 Å². The van der Waals surface area contributed by atoms with Gasteiger partial charge in [-0.25, -0.2) is 0 Å². The van der Waals surface area contributed by atoms with Crippen molar-refractivity contribution in [3.63, 3.8) is 0 Å². The third-order valence-electron chi connectivity index (χ3n) is 5.07. The van der Waals surface area contributed by atoms with E-state index in [0.29, 0.717) is 0 Å². The molecule has 1 heterocycles. The van der Waals surface area contributed by atoms with Crippen LogP contribution >= 0.6 is 0 Å². The summed E-state index contributed by atoms with van der Waals surface area (Å²) < 4.78 is 0. The first-order valence-electron chi connectivity index (χ1n) is 8.35. The predicted octanol–water partition coefficient (Wildman–Crippen LogP) is 3.74. The number of nitrogens with two attached hydrogens (primary N) is 1. The summed E-state index contributed by atoms with van der Waals surface area (Å²) in [5.74, 6) is 0.946. The summed E-state index contributed by atoms with van der Waals surface area (Å²) in [6.45, 7) is 3.32. The largest absolute Gasteiger partial charge is 0.368 e. The molecule has 2 nitrogen and oxygen atoms in total. The number of hydrogen-bond acceptors (Lipinski definition) is 2. The molecule has 1 saturated carbocycles. The van der Waals surface area contributed by atoms with E-state index in [1.807, 2.05) is 0 Å². The van der Waals surface area contributed by atoms with Crippen molar-refractivity contribution in [3.05, 3.63) is 29.8 Å². The van der Waals surface area contributed by atoms with Gasteiger partial charge in [0.2, 0.25) is 0 Å². The van der Waals surface area contributed by atoms with Gasteiger partial charge in [0.05, 0.1) is 0 Å². The zero-order valence-corrected chi connectivity index (χ0v) is 12.7. The normalized spacial score (nSPS) is 25.3. The fourth-order valence-electron chi connectivity index (χ4n) is 4.14. The maximum absolute atomic E-state index is 5.88. The van der Waals surface area contributed by atoms with Crippen molar-refractivity contribution in [2.45, 2.75) is 64.0 Å². The van der Waals surface area contributed by atoms with E-state index in [0.717, 1.165) is 18.4 Å². The monoisotopic (exact) mass is 272 g/mol. The molecule has 1 aliphatic heterocycles. The van der Waals surface area contributed by atoms with Crippen molar-refractivity contribution in [1.29, 1.82) is 0 Å². The van der Waals surface area contributed by atoms with Crippen molar-refractivity contribution in [3.8, 4) is 0 Å². The SMILES string of the molecule is CC(N)Cc1ccc(N2CCCC2C2CCCC2)cc1. The Kier molecular flexibility index (Phi) is 4.30. The lowest BCUT2D eigenvalue weighted by molar-refractivity contribution is 0.431. The minimum absolute atomic E-state index is 0.249. The molecule has 1 aliphatic carbocycles. The minimum Gasteiger partial charge on any atom is -0.368 e. The van der Waals surface area contributed by atoms with Crippen LogP contribution in [0, 0.1) is 5.92 Å². The summed E-state index contributed by atoms with van der Waals surface area (Å²) in [6.07, 6.45) is 9.53. The van der Waals surface area contributed by atoms with Gasteiger partial charge in [-0.15, -0.1) is 0 Å². The van der Waals surface area contributed by atoms with Gasteiger partial charge in [-0.1, -0.05) is 25.0 Å². The zero-order valence-electron chi connectivity index (χ0n) is 12.7. The van der Waals surface area contributed by atoms with Crippen LogP contribution in [0.5, 0.6) is 0 Å². The van der Waals surface area contributed by atoms with Crippen molar-refractivity contribution in [1.82, 2.24) is 0 Å². The standard InChI is InChI=1S/C18H28N2/c1-14(19)13-15-8-10-17(11-9-15)20-12-4-7-18(20)16-5-2-3-6-16/h8-11,14,16,18H,2-7,12-13,19H2,1H3. The molecular weight excluding hydrogens is 244 g/mol. The molecule has 2 fully saturated rings. The van der Waals surface area contributed by atoms with Gasteiger partial charge in [0.15, 0.2) is 0 Å². The Balaban J connectivity index is 1.70. The predicted molar refractivity (Wildman–Crippen MR) is 86.1 cm³/mol. The molecule has 2 atom stereocenters. The third kappa shape index (κ3) is 3.01. The van der Waals surface area contributed by atoms with Crippen LogP contribution in [-0.2, 0) is 6.42 Å². The summed E-state index contributed by atoms with van der Waals surface area (Å²) >= 11 is 0. The van der Waals surface area contributed by atoms with E-state index in [4.69, 9.17) is 5.73 Å². The maximum atomic E-state index is 5.88. The van der Waals surface area contributed by atoms with Crippen LogP contribution in [0.15, 0.2) is 24.3 Å². The number of rotatable bonds is 4. The van der Waals surface area contributed by atoms with E-state index in [2.05, 4.69) is 36.1 Å². The Morgan fingerprint density at radius 2 is 1.80 bits per heavy atom. The minimum atomic E-state index is 0.249. The lowest BCUT2D eigenvalue weighted by atomic mass is 9.95. The van der Waals surface area contributed by atoms with Crippen LogP contribution in [0.25, 0.3) is 0 Å². The molecule has 1 saturated heterocycles. The quantitative estimate of drug-likeness (QED) is 0.905. The second-order valence-electron chi connectivity index (χ2n) is 6.80. The van der Waals surface area contributed by atoms with Gasteiger partial charge in [-0.3, -0.25) is 0 Å². The van der Waals surface area contributed by atoms with Crippen LogP contribution in [0.1, 0.15) is 51.0 Å². The van der Waals surface area contributed by atoms with Crippen LogP contribution in [-0.4, -0.2) is 18.6 Å². The fraction of sp³-hybridized carbons (Fsp3) is 0.667. The van der Waals surface area contributed by atoms with Gasteiger partial charge in [0.25, 0.3) is 0 Å². The molecule has 0 amide bonds. The van der Waals surface area contributed by atoms with E-state index in [9.17, 15) is 0 Å². The van der Waals surface area contributed by atoms with E-state index >= 15 is 0 Å². The van der Waals surface area contributed by atoms with Gasteiger partial charge >= 0.3 is 0 Å². The highest BCUT2D eigenvalue weighted by Gasteiger charge is 2.33. The van der Waals surface area contributed by atoms with Gasteiger partial charge < -0.3 is 10.6 Å². The van der Waals surface area contributed by atoms with Crippen molar-refractivity contribution < 1.29 is 0 Å². The number of benzene rings is 1. The van der Waals surface area contributed by atoms with E-state index < -0.39 is 0 Å². The summed E-state index contributed by atoms with van der Waals surface area (Å²) in [6, 6.07) is 10.2. The molecule has 0 bridgehead atoms. The topological polar surface area (TPSA) is 29.3 Å². The first-order chi connectivity index (χ1) is 9.74. The molecule has 1 aromatic carbocycles. The van der Waals surface area contributed by atoms with Crippen LogP contribution in [0.4, 0.5) is 5.69 Å². The molecule has 110 valence electrons. The highest BCUT2D eigenvalue weighted by Crippen LogP contribution is 2.37. The highest BCUT2D eigenvalue weighted by molar-refractivity contribution is 5.49. The Bertz CT molecular complexity index is 418. The van der Waals surface area contributed by atoms with Gasteiger partial charge in [-0.2, -0.15) is 0 Å². The summed E-state index contributed by atoms with van der Waals surface area (Å²) in [5.41, 5.74) is 8.66. The lowest BCUT2D eigenvalue weighted by Gasteiger charge is -2.31. The van der Waals surface area contributed by atoms with Gasteiger partial charge in [0, 0.05) is 24.3 Å². The average Bonchev–Trinajstić information content (AvgIpc) is 3.09. The Labute approximate surface area is 123 Å². The van der Waals surface area contributed by atoms with E-state index in [-0.39, 0.29) is 6.04 Å². The molecule has 2 N–H and O–H groups in total.